The molecule has 0 bridgehead atoms. The maximum Gasteiger partial charge on any atom is 0.224 e. The van der Waals surface area contributed by atoms with Crippen LogP contribution in [0, 0.1) is 18.8 Å². The molecule has 100 valence electrons. The number of rotatable bonds is 6. The molecule has 3 N–H and O–H groups in total. The molecule has 1 aromatic rings. The third-order valence-corrected chi connectivity index (χ3v) is 2.77. The standard InChI is InChI=1S/C14H23N3O/c1-10(2)4-12(7-15)6-14(18)17-13-5-11(3)8-16-9-13/h5,8-10,12H,4,6-7,15H2,1-3H3,(H,17,18). The smallest absolute Gasteiger partial charge is 0.224 e. The van der Waals surface area contributed by atoms with Gasteiger partial charge in [-0.05, 0) is 43.4 Å². The van der Waals surface area contributed by atoms with E-state index < -0.39 is 0 Å². The van der Waals surface area contributed by atoms with E-state index in [0.29, 0.717) is 18.9 Å². The molecule has 1 aromatic heterocycles. The molecule has 0 radical (unpaired) electrons. The van der Waals surface area contributed by atoms with Crippen LogP contribution in [0.3, 0.4) is 0 Å². The first-order valence-electron chi connectivity index (χ1n) is 6.42. The summed E-state index contributed by atoms with van der Waals surface area (Å²) in [6.07, 6.45) is 4.88. The number of aromatic nitrogens is 1. The average molecular weight is 249 g/mol. The normalized spacial score (nSPS) is 12.5. The van der Waals surface area contributed by atoms with Crippen LogP contribution in [0.25, 0.3) is 0 Å². The quantitative estimate of drug-likeness (QED) is 0.813. The minimum atomic E-state index is 0.0125. The molecule has 4 heteroatoms. The van der Waals surface area contributed by atoms with Gasteiger partial charge in [0.2, 0.25) is 5.91 Å². The highest BCUT2D eigenvalue weighted by atomic mass is 16.1. The van der Waals surface area contributed by atoms with Crippen molar-refractivity contribution < 1.29 is 4.79 Å². The zero-order valence-corrected chi connectivity index (χ0v) is 11.4. The van der Waals surface area contributed by atoms with Gasteiger partial charge >= 0.3 is 0 Å². The summed E-state index contributed by atoms with van der Waals surface area (Å²) in [6.45, 7) is 6.79. The Morgan fingerprint density at radius 2 is 2.17 bits per heavy atom. The van der Waals surface area contributed by atoms with Gasteiger partial charge in [0.15, 0.2) is 0 Å². The van der Waals surface area contributed by atoms with Gasteiger partial charge in [-0.25, -0.2) is 0 Å². The number of hydrogen-bond donors (Lipinski definition) is 2. The van der Waals surface area contributed by atoms with Gasteiger partial charge in [0.1, 0.15) is 0 Å². The Balaban J connectivity index is 2.50. The zero-order valence-electron chi connectivity index (χ0n) is 11.4. The molecule has 1 amide bonds. The molecular formula is C14H23N3O. The van der Waals surface area contributed by atoms with Crippen LogP contribution in [0.15, 0.2) is 18.5 Å². The van der Waals surface area contributed by atoms with Gasteiger partial charge < -0.3 is 11.1 Å². The Morgan fingerprint density at radius 3 is 2.72 bits per heavy atom. The van der Waals surface area contributed by atoms with Crippen molar-refractivity contribution in [3.63, 3.8) is 0 Å². The number of pyridine rings is 1. The molecule has 0 spiro atoms. The van der Waals surface area contributed by atoms with Crippen molar-refractivity contribution in [1.82, 2.24) is 4.98 Å². The molecule has 1 atom stereocenters. The van der Waals surface area contributed by atoms with Crippen molar-refractivity contribution in [2.75, 3.05) is 11.9 Å². The molecule has 0 aliphatic heterocycles. The predicted octanol–water partition coefficient (Wildman–Crippen LogP) is 2.34. The summed E-state index contributed by atoms with van der Waals surface area (Å²) in [6, 6.07) is 1.91. The molecule has 18 heavy (non-hydrogen) atoms. The Labute approximate surface area is 109 Å². The Hall–Kier alpha value is -1.42. The number of nitrogens with zero attached hydrogens (tertiary/aromatic N) is 1. The number of hydrogen-bond acceptors (Lipinski definition) is 3. The van der Waals surface area contributed by atoms with E-state index in [4.69, 9.17) is 5.73 Å². The van der Waals surface area contributed by atoms with Crippen LogP contribution in [0.2, 0.25) is 0 Å². The monoisotopic (exact) mass is 249 g/mol. The van der Waals surface area contributed by atoms with E-state index in [1.165, 1.54) is 0 Å². The second-order valence-electron chi connectivity index (χ2n) is 5.23. The molecule has 1 unspecified atom stereocenters. The van der Waals surface area contributed by atoms with E-state index in [-0.39, 0.29) is 11.8 Å². The summed E-state index contributed by atoms with van der Waals surface area (Å²) in [5, 5.41) is 2.86. The summed E-state index contributed by atoms with van der Waals surface area (Å²) in [5.74, 6) is 0.827. The van der Waals surface area contributed by atoms with Crippen molar-refractivity contribution in [2.24, 2.45) is 17.6 Å². The van der Waals surface area contributed by atoms with E-state index in [0.717, 1.165) is 17.7 Å². The first kappa shape index (κ1) is 14.6. The average Bonchev–Trinajstić information content (AvgIpc) is 2.27. The molecule has 0 saturated carbocycles. The number of carbonyl (C=O) groups is 1. The largest absolute Gasteiger partial charge is 0.330 e. The molecule has 1 heterocycles. The minimum absolute atomic E-state index is 0.0125. The van der Waals surface area contributed by atoms with Crippen LogP contribution in [-0.4, -0.2) is 17.4 Å². The second-order valence-corrected chi connectivity index (χ2v) is 5.23. The lowest BCUT2D eigenvalue weighted by molar-refractivity contribution is -0.117. The lowest BCUT2D eigenvalue weighted by Gasteiger charge is -2.16. The van der Waals surface area contributed by atoms with Gasteiger partial charge in [-0.1, -0.05) is 13.8 Å². The van der Waals surface area contributed by atoms with Crippen molar-refractivity contribution in [2.45, 2.75) is 33.6 Å². The highest BCUT2D eigenvalue weighted by Gasteiger charge is 2.14. The van der Waals surface area contributed by atoms with Gasteiger partial charge in [-0.15, -0.1) is 0 Å². The maximum absolute atomic E-state index is 11.9. The summed E-state index contributed by atoms with van der Waals surface area (Å²) < 4.78 is 0. The summed E-state index contributed by atoms with van der Waals surface area (Å²) in [7, 11) is 0. The maximum atomic E-state index is 11.9. The lowest BCUT2D eigenvalue weighted by atomic mass is 9.94. The van der Waals surface area contributed by atoms with E-state index in [1.807, 2.05) is 13.0 Å². The molecule has 0 aliphatic rings. The number of nitrogens with two attached hydrogens (primary N) is 1. The fourth-order valence-corrected chi connectivity index (χ4v) is 2.03. The van der Waals surface area contributed by atoms with Crippen LogP contribution in [0.1, 0.15) is 32.3 Å². The fourth-order valence-electron chi connectivity index (χ4n) is 2.03. The van der Waals surface area contributed by atoms with Crippen molar-refractivity contribution in [3.8, 4) is 0 Å². The molecule has 1 rings (SSSR count). The van der Waals surface area contributed by atoms with Crippen LogP contribution < -0.4 is 11.1 Å². The van der Waals surface area contributed by atoms with Gasteiger partial charge in [0, 0.05) is 12.6 Å². The molecule has 0 aliphatic carbocycles. The van der Waals surface area contributed by atoms with E-state index in [1.54, 1.807) is 12.4 Å². The molecule has 0 saturated heterocycles. The van der Waals surface area contributed by atoms with Crippen LogP contribution >= 0.6 is 0 Å². The lowest BCUT2D eigenvalue weighted by Crippen LogP contribution is -2.23. The third-order valence-electron chi connectivity index (χ3n) is 2.77. The highest BCUT2D eigenvalue weighted by molar-refractivity contribution is 5.90. The third kappa shape index (κ3) is 5.27. The highest BCUT2D eigenvalue weighted by Crippen LogP contribution is 2.15. The molecule has 4 nitrogen and oxygen atoms in total. The summed E-state index contributed by atoms with van der Waals surface area (Å²) in [4.78, 5) is 15.9. The Bertz CT molecular complexity index is 390. The molecule has 0 aromatic carbocycles. The van der Waals surface area contributed by atoms with Gasteiger partial charge in [0.05, 0.1) is 11.9 Å². The van der Waals surface area contributed by atoms with Crippen LogP contribution in [0.4, 0.5) is 5.69 Å². The second kappa shape index (κ2) is 7.11. The Morgan fingerprint density at radius 1 is 1.44 bits per heavy atom. The van der Waals surface area contributed by atoms with Gasteiger partial charge in [-0.2, -0.15) is 0 Å². The number of aryl methyl sites for hydroxylation is 1. The van der Waals surface area contributed by atoms with Gasteiger partial charge in [-0.3, -0.25) is 9.78 Å². The first-order valence-corrected chi connectivity index (χ1v) is 6.42. The molecule has 0 fully saturated rings. The fraction of sp³-hybridized carbons (Fsp3) is 0.571. The summed E-state index contributed by atoms with van der Waals surface area (Å²) in [5.41, 5.74) is 7.48. The zero-order chi connectivity index (χ0) is 13.5. The SMILES string of the molecule is Cc1cncc(NC(=O)CC(CN)CC(C)C)c1. The van der Waals surface area contributed by atoms with Crippen LogP contribution in [-0.2, 0) is 4.79 Å². The van der Waals surface area contributed by atoms with Crippen molar-refractivity contribution in [3.05, 3.63) is 24.0 Å². The molecular weight excluding hydrogens is 226 g/mol. The van der Waals surface area contributed by atoms with E-state index in [9.17, 15) is 4.79 Å². The first-order chi connectivity index (χ1) is 8.51. The number of nitrogens with one attached hydrogen (secondary N) is 1. The Kier molecular flexibility index (Phi) is 5.78. The van der Waals surface area contributed by atoms with E-state index in [2.05, 4.69) is 24.1 Å². The van der Waals surface area contributed by atoms with Crippen molar-refractivity contribution >= 4 is 11.6 Å². The topological polar surface area (TPSA) is 68.0 Å². The predicted molar refractivity (Wildman–Crippen MR) is 74.2 cm³/mol. The minimum Gasteiger partial charge on any atom is -0.330 e. The number of carbonyl (C=O) groups excluding carboxylic acids is 1. The van der Waals surface area contributed by atoms with Crippen LogP contribution in [0.5, 0.6) is 0 Å². The van der Waals surface area contributed by atoms with E-state index >= 15 is 0 Å². The van der Waals surface area contributed by atoms with Crippen molar-refractivity contribution in [1.29, 1.82) is 0 Å². The number of anilines is 1. The number of amides is 1. The van der Waals surface area contributed by atoms with Gasteiger partial charge in [0.25, 0.3) is 0 Å². The summed E-state index contributed by atoms with van der Waals surface area (Å²) >= 11 is 0.